The molecule has 5 rings (SSSR count). The van der Waals surface area contributed by atoms with Crippen molar-refractivity contribution in [2.24, 2.45) is 5.41 Å². The summed E-state index contributed by atoms with van der Waals surface area (Å²) in [6.45, 7) is 10.0. The number of hydrogen-bond donors (Lipinski definition) is 4. The van der Waals surface area contributed by atoms with Crippen LogP contribution in [0.3, 0.4) is 0 Å². The van der Waals surface area contributed by atoms with Crippen molar-refractivity contribution in [1.82, 2.24) is 31.1 Å². The van der Waals surface area contributed by atoms with Crippen LogP contribution >= 0.6 is 0 Å². The van der Waals surface area contributed by atoms with Crippen molar-refractivity contribution in [1.29, 1.82) is 0 Å². The molecule has 3 aromatic carbocycles. The highest BCUT2D eigenvalue weighted by atomic mass is 16.6. The lowest BCUT2D eigenvalue weighted by molar-refractivity contribution is -0.143. The molecular weight excluding hydrogens is 721 g/mol. The molecule has 2 fully saturated rings. The molecule has 4 N–H and O–H groups in total. The highest BCUT2D eigenvalue weighted by molar-refractivity contribution is 5.90. The molecule has 2 atom stereocenters. The number of alkyl carbamates (subject to hydrolysis) is 1. The fraction of sp³-hybridized carbons (Fsp3) is 0.533. The molecule has 2 aliphatic rings. The minimum atomic E-state index is -0.836. The van der Waals surface area contributed by atoms with Gasteiger partial charge in [-0.15, -0.1) is 0 Å². The number of ether oxygens (including phenoxy) is 1. The van der Waals surface area contributed by atoms with Gasteiger partial charge >= 0.3 is 12.1 Å². The van der Waals surface area contributed by atoms with Crippen molar-refractivity contribution < 1.29 is 28.7 Å². The number of urea groups is 1. The summed E-state index contributed by atoms with van der Waals surface area (Å²) in [6, 6.07) is 22.9. The quantitative estimate of drug-likeness (QED) is 0.137. The number of amides is 6. The van der Waals surface area contributed by atoms with Crippen LogP contribution in [0.5, 0.6) is 0 Å². The Hall–Kier alpha value is -5.13. The van der Waals surface area contributed by atoms with Gasteiger partial charge in [0.1, 0.15) is 11.6 Å². The predicted molar refractivity (Wildman–Crippen MR) is 222 cm³/mol. The molecule has 0 aliphatic carbocycles. The summed E-state index contributed by atoms with van der Waals surface area (Å²) in [5, 5.41) is 14.2. The first-order valence-corrected chi connectivity index (χ1v) is 20.7. The Bertz CT molecular complexity index is 1820. The van der Waals surface area contributed by atoms with Gasteiger partial charge in [0.15, 0.2) is 0 Å². The largest absolute Gasteiger partial charge is 0.444 e. The van der Waals surface area contributed by atoms with Gasteiger partial charge in [-0.2, -0.15) is 0 Å². The van der Waals surface area contributed by atoms with E-state index in [0.29, 0.717) is 84.1 Å². The number of likely N-dealkylation sites (tertiary alicyclic amines) is 2. The Kier molecular flexibility index (Phi) is 15.3. The Labute approximate surface area is 337 Å². The molecule has 57 heavy (non-hydrogen) atoms. The standard InChI is InChI=1S/C45H62N6O6/c1-5-46-41(54)45(31-33-15-8-6-9-16-33)24-14-26-51(32-45)40(53)38(30-34-20-21-35-17-11-12-18-36(35)29-34)49-42(55)50-27-22-37(23-28-50)48-39(52)19-10-7-13-25-47-43(56)57-44(2,3)4/h6,8-9,11-12,15-18,20-21,29,37-38H,5,7,10,13-14,19,22-28,30-32H2,1-4H3,(H,46,54)(H,47,56)(H,48,52)(H,49,55)/t38?,45-/m0/s1. The SMILES string of the molecule is CCNC(=O)[C@]1(Cc2ccccc2)CCCN(C(=O)C(Cc2ccc3ccccc3c2)NC(=O)N2CCC(NC(=O)CCCCCNC(=O)OC(C)(C)C)CC2)C1. The van der Waals surface area contributed by atoms with Crippen LogP contribution in [-0.2, 0) is 32.0 Å². The molecule has 12 nitrogen and oxygen atoms in total. The Morgan fingerprint density at radius 1 is 0.825 bits per heavy atom. The number of hydrogen-bond acceptors (Lipinski definition) is 6. The maximum atomic E-state index is 14.6. The van der Waals surface area contributed by atoms with Gasteiger partial charge in [-0.3, -0.25) is 14.4 Å². The number of nitrogens with one attached hydrogen (secondary N) is 4. The molecule has 12 heteroatoms. The van der Waals surface area contributed by atoms with E-state index in [4.69, 9.17) is 4.74 Å². The number of carbonyl (C=O) groups excluding carboxylic acids is 5. The first-order chi connectivity index (χ1) is 27.3. The molecule has 3 aromatic rings. The van der Waals surface area contributed by atoms with Crippen molar-refractivity contribution in [3.05, 3.63) is 83.9 Å². The normalized spacial score (nSPS) is 18.0. The molecule has 2 aliphatic heterocycles. The summed E-state index contributed by atoms with van der Waals surface area (Å²) in [7, 11) is 0. The van der Waals surface area contributed by atoms with Crippen LogP contribution in [-0.4, -0.2) is 96.6 Å². The number of carbonyl (C=O) groups is 5. The minimum absolute atomic E-state index is 0.0171. The van der Waals surface area contributed by atoms with E-state index in [1.54, 1.807) is 9.80 Å². The first kappa shape index (κ1) is 43.0. The van der Waals surface area contributed by atoms with E-state index in [1.807, 2.05) is 94.4 Å². The fourth-order valence-corrected chi connectivity index (χ4v) is 7.95. The maximum absolute atomic E-state index is 14.6. The lowest BCUT2D eigenvalue weighted by Crippen LogP contribution is -2.59. The third kappa shape index (κ3) is 12.9. The van der Waals surface area contributed by atoms with Gasteiger partial charge in [0.05, 0.1) is 5.41 Å². The molecular formula is C45H62N6O6. The lowest BCUT2D eigenvalue weighted by atomic mass is 9.74. The van der Waals surface area contributed by atoms with Crippen LogP contribution in [0.4, 0.5) is 9.59 Å². The van der Waals surface area contributed by atoms with Gasteiger partial charge in [-0.25, -0.2) is 9.59 Å². The average molecular weight is 783 g/mol. The topological polar surface area (TPSA) is 149 Å². The summed E-state index contributed by atoms with van der Waals surface area (Å²) in [5.41, 5.74) is 0.656. The molecule has 308 valence electrons. The van der Waals surface area contributed by atoms with Crippen LogP contribution in [0.2, 0.25) is 0 Å². The second-order valence-electron chi connectivity index (χ2n) is 16.6. The monoisotopic (exact) mass is 782 g/mol. The van der Waals surface area contributed by atoms with Crippen molar-refractivity contribution >= 4 is 40.6 Å². The van der Waals surface area contributed by atoms with Gasteiger partial charge in [-0.1, -0.05) is 79.2 Å². The molecule has 1 unspecified atom stereocenters. The van der Waals surface area contributed by atoms with Gasteiger partial charge < -0.3 is 35.8 Å². The number of nitrogens with zero attached hydrogens (tertiary/aromatic N) is 2. The number of unbranched alkanes of at least 4 members (excludes halogenated alkanes) is 2. The number of benzene rings is 3. The Morgan fingerprint density at radius 3 is 2.26 bits per heavy atom. The third-order valence-corrected chi connectivity index (χ3v) is 10.8. The zero-order valence-electron chi connectivity index (χ0n) is 34.2. The van der Waals surface area contributed by atoms with Gasteiger partial charge in [0.2, 0.25) is 17.7 Å². The summed E-state index contributed by atoms with van der Waals surface area (Å²) < 4.78 is 5.25. The van der Waals surface area contributed by atoms with Crippen LogP contribution in [0.15, 0.2) is 72.8 Å². The predicted octanol–water partition coefficient (Wildman–Crippen LogP) is 6.11. The van der Waals surface area contributed by atoms with Crippen molar-refractivity contribution in [2.75, 3.05) is 39.3 Å². The summed E-state index contributed by atoms with van der Waals surface area (Å²) >= 11 is 0. The molecule has 2 heterocycles. The van der Waals surface area contributed by atoms with Crippen molar-refractivity contribution in [3.63, 3.8) is 0 Å². The molecule has 0 aromatic heterocycles. The molecule has 0 saturated carbocycles. The zero-order chi connectivity index (χ0) is 40.8. The van der Waals surface area contributed by atoms with Crippen molar-refractivity contribution in [3.8, 4) is 0 Å². The van der Waals surface area contributed by atoms with Crippen LogP contribution in [0, 0.1) is 5.41 Å². The van der Waals surface area contributed by atoms with E-state index in [2.05, 4.69) is 27.3 Å². The van der Waals surface area contributed by atoms with E-state index < -0.39 is 23.2 Å². The van der Waals surface area contributed by atoms with Crippen LogP contribution < -0.4 is 21.3 Å². The highest BCUT2D eigenvalue weighted by Crippen LogP contribution is 2.35. The third-order valence-electron chi connectivity index (χ3n) is 10.8. The number of piperidine rings is 2. The number of fused-ring (bicyclic) bond motifs is 1. The van der Waals surface area contributed by atoms with Gasteiger partial charge in [0, 0.05) is 58.2 Å². The minimum Gasteiger partial charge on any atom is -0.444 e. The number of rotatable bonds is 15. The van der Waals surface area contributed by atoms with E-state index in [9.17, 15) is 24.0 Å². The Balaban J connectivity index is 1.18. The van der Waals surface area contributed by atoms with E-state index in [0.717, 1.165) is 34.7 Å². The first-order valence-electron chi connectivity index (χ1n) is 20.7. The second-order valence-corrected chi connectivity index (χ2v) is 16.6. The van der Waals surface area contributed by atoms with E-state index in [1.165, 1.54) is 0 Å². The van der Waals surface area contributed by atoms with E-state index in [-0.39, 0.29) is 36.3 Å². The average Bonchev–Trinajstić information content (AvgIpc) is 3.18. The van der Waals surface area contributed by atoms with Crippen molar-refractivity contribution in [2.45, 2.75) is 110 Å². The van der Waals surface area contributed by atoms with Crippen LogP contribution in [0.25, 0.3) is 10.8 Å². The maximum Gasteiger partial charge on any atom is 0.407 e. The summed E-state index contributed by atoms with van der Waals surface area (Å²) in [6.07, 6.45) is 5.63. The second kappa shape index (κ2) is 20.3. The lowest BCUT2D eigenvalue weighted by Gasteiger charge is -2.43. The molecule has 0 spiro atoms. The smallest absolute Gasteiger partial charge is 0.407 e. The molecule has 6 amide bonds. The molecule has 2 saturated heterocycles. The zero-order valence-corrected chi connectivity index (χ0v) is 34.2. The molecule has 0 radical (unpaired) electrons. The summed E-state index contributed by atoms with van der Waals surface area (Å²) in [5.74, 6) is -0.263. The van der Waals surface area contributed by atoms with Gasteiger partial charge in [0.25, 0.3) is 0 Å². The van der Waals surface area contributed by atoms with E-state index >= 15 is 0 Å². The van der Waals surface area contributed by atoms with Gasteiger partial charge in [-0.05, 0) is 94.5 Å². The fourth-order valence-electron chi connectivity index (χ4n) is 7.95. The highest BCUT2D eigenvalue weighted by Gasteiger charge is 2.44. The van der Waals surface area contributed by atoms with Crippen LogP contribution in [0.1, 0.15) is 90.2 Å². The Morgan fingerprint density at radius 2 is 1.54 bits per heavy atom. The summed E-state index contributed by atoms with van der Waals surface area (Å²) in [4.78, 5) is 70.2. The molecule has 0 bridgehead atoms.